The second-order valence-electron chi connectivity index (χ2n) is 8.02. The zero-order chi connectivity index (χ0) is 24.0. The van der Waals surface area contributed by atoms with Crippen LogP contribution in [0.1, 0.15) is 53.6 Å². The van der Waals surface area contributed by atoms with Crippen molar-refractivity contribution in [2.24, 2.45) is 5.92 Å². The minimum Gasteiger partial charge on any atom is -0.380 e. The van der Waals surface area contributed by atoms with Crippen LogP contribution in [0.3, 0.4) is 0 Å². The number of methoxy groups -OCH3 is 1. The molecular formula is C22H27ClFN5O4. The summed E-state index contributed by atoms with van der Waals surface area (Å²) >= 11 is 5.97. The van der Waals surface area contributed by atoms with E-state index in [0.717, 1.165) is 6.07 Å². The van der Waals surface area contributed by atoms with E-state index in [9.17, 15) is 18.8 Å². The molecule has 9 nitrogen and oxygen atoms in total. The number of hydrogen-bond donors (Lipinski definition) is 4. The average Bonchev–Trinajstić information content (AvgIpc) is 3.30. The highest BCUT2D eigenvalue weighted by molar-refractivity contribution is 6.33. The molecule has 1 aliphatic carbocycles. The van der Waals surface area contributed by atoms with Crippen molar-refractivity contribution in [3.05, 3.63) is 46.8 Å². The Balaban J connectivity index is 1.50. The number of benzene rings is 1. The molecule has 1 atom stereocenters. The Morgan fingerprint density at radius 2 is 1.97 bits per heavy atom. The first kappa shape index (κ1) is 24.7. The molecule has 178 valence electrons. The third-order valence-corrected chi connectivity index (χ3v) is 5.97. The van der Waals surface area contributed by atoms with Gasteiger partial charge in [-0.2, -0.15) is 0 Å². The molecule has 1 unspecified atom stereocenters. The average molecular weight is 480 g/mol. The summed E-state index contributed by atoms with van der Waals surface area (Å²) in [5, 5.41) is 8.46. The third kappa shape index (κ3) is 6.52. The van der Waals surface area contributed by atoms with Crippen LogP contribution in [0.25, 0.3) is 0 Å². The molecule has 33 heavy (non-hydrogen) atoms. The van der Waals surface area contributed by atoms with E-state index in [1.165, 1.54) is 18.5 Å². The molecule has 1 aliphatic rings. The number of nitrogens with zero attached hydrogens (tertiary/aromatic N) is 1. The Hall–Kier alpha value is -2.98. The van der Waals surface area contributed by atoms with Gasteiger partial charge in [-0.05, 0) is 50.8 Å². The van der Waals surface area contributed by atoms with Gasteiger partial charge in [0.05, 0.1) is 23.1 Å². The van der Waals surface area contributed by atoms with Crippen molar-refractivity contribution in [1.29, 1.82) is 0 Å². The van der Waals surface area contributed by atoms with E-state index in [1.54, 1.807) is 7.11 Å². The van der Waals surface area contributed by atoms with E-state index in [2.05, 4.69) is 25.9 Å². The second-order valence-corrected chi connectivity index (χ2v) is 8.43. The summed E-state index contributed by atoms with van der Waals surface area (Å²) in [7, 11) is 1.54. The lowest BCUT2D eigenvalue weighted by atomic mass is 9.85. The summed E-state index contributed by atoms with van der Waals surface area (Å²) in [4.78, 5) is 44.3. The molecule has 0 aliphatic heterocycles. The number of nitrogens with one attached hydrogen (secondary N) is 4. The summed E-state index contributed by atoms with van der Waals surface area (Å²) in [5.74, 6) is -1.80. The zero-order valence-electron chi connectivity index (χ0n) is 18.4. The lowest BCUT2D eigenvalue weighted by molar-refractivity contribution is -0.120. The van der Waals surface area contributed by atoms with Gasteiger partial charge in [0, 0.05) is 25.6 Å². The highest BCUT2D eigenvalue weighted by Crippen LogP contribution is 2.28. The number of ether oxygens (including phenoxy) is 1. The lowest BCUT2D eigenvalue weighted by Gasteiger charge is -2.28. The standard InChI is InChI=1S/C22H27ClFN5O4/c1-12(33-2)10-25-21(31)18-19(27-11-26-18)22(32)28-15-6-3-13(4-7-15)20(30)29-17-8-5-14(24)9-16(17)23/h5,8-9,11-13,15H,3-4,6-7,10H2,1-2H3,(H,25,31)(H,26,27)(H,28,32)(H,29,30)/t12?,13-,15-. The van der Waals surface area contributed by atoms with E-state index >= 15 is 0 Å². The number of aromatic amines is 1. The fourth-order valence-corrected chi connectivity index (χ4v) is 3.84. The van der Waals surface area contributed by atoms with Gasteiger partial charge in [0.25, 0.3) is 11.8 Å². The van der Waals surface area contributed by atoms with Crippen LogP contribution in [-0.4, -0.2) is 53.5 Å². The zero-order valence-corrected chi connectivity index (χ0v) is 19.2. The molecule has 1 fully saturated rings. The quantitative estimate of drug-likeness (QED) is 0.463. The summed E-state index contributed by atoms with van der Waals surface area (Å²) in [6.45, 7) is 2.10. The van der Waals surface area contributed by atoms with Crippen molar-refractivity contribution in [3.8, 4) is 0 Å². The molecule has 1 heterocycles. The maximum Gasteiger partial charge on any atom is 0.272 e. The number of imidazole rings is 1. The second kappa shape index (κ2) is 11.2. The van der Waals surface area contributed by atoms with Crippen LogP contribution in [0, 0.1) is 11.7 Å². The van der Waals surface area contributed by atoms with Gasteiger partial charge >= 0.3 is 0 Å². The molecule has 0 saturated heterocycles. The van der Waals surface area contributed by atoms with Gasteiger partial charge in [0.15, 0.2) is 5.69 Å². The molecule has 2 aromatic rings. The Bertz CT molecular complexity index is 1010. The molecule has 1 aromatic carbocycles. The van der Waals surface area contributed by atoms with E-state index in [-0.39, 0.29) is 40.4 Å². The fraction of sp³-hybridized carbons (Fsp3) is 0.455. The Morgan fingerprint density at radius 1 is 1.24 bits per heavy atom. The first-order valence-electron chi connectivity index (χ1n) is 10.7. The summed E-state index contributed by atoms with van der Waals surface area (Å²) in [5.41, 5.74) is 0.465. The molecule has 0 bridgehead atoms. The number of carbonyl (C=O) groups excluding carboxylic acids is 3. The third-order valence-electron chi connectivity index (χ3n) is 5.66. The van der Waals surface area contributed by atoms with Crippen molar-refractivity contribution < 1.29 is 23.5 Å². The van der Waals surface area contributed by atoms with E-state index in [0.29, 0.717) is 37.9 Å². The van der Waals surface area contributed by atoms with Crippen LogP contribution in [-0.2, 0) is 9.53 Å². The molecule has 0 spiro atoms. The maximum atomic E-state index is 13.2. The molecule has 11 heteroatoms. The smallest absolute Gasteiger partial charge is 0.272 e. The lowest BCUT2D eigenvalue weighted by Crippen LogP contribution is -2.40. The first-order valence-corrected chi connectivity index (χ1v) is 11.1. The van der Waals surface area contributed by atoms with Gasteiger partial charge in [-0.15, -0.1) is 0 Å². The van der Waals surface area contributed by atoms with Gasteiger partial charge in [-0.3, -0.25) is 14.4 Å². The predicted octanol–water partition coefficient (Wildman–Crippen LogP) is 2.89. The largest absolute Gasteiger partial charge is 0.380 e. The molecule has 1 aromatic heterocycles. The van der Waals surface area contributed by atoms with E-state index in [4.69, 9.17) is 16.3 Å². The normalized spacial score (nSPS) is 18.9. The van der Waals surface area contributed by atoms with E-state index in [1.807, 2.05) is 6.92 Å². The minimum atomic E-state index is -0.475. The van der Waals surface area contributed by atoms with Crippen LogP contribution >= 0.6 is 11.6 Å². The topological polar surface area (TPSA) is 125 Å². The van der Waals surface area contributed by atoms with Gasteiger partial charge in [0.2, 0.25) is 5.91 Å². The number of H-pyrrole nitrogens is 1. The molecule has 4 N–H and O–H groups in total. The van der Waals surface area contributed by atoms with Gasteiger partial charge < -0.3 is 25.7 Å². The van der Waals surface area contributed by atoms with Crippen molar-refractivity contribution in [2.45, 2.75) is 44.8 Å². The molecule has 1 saturated carbocycles. The maximum absolute atomic E-state index is 13.2. The fourth-order valence-electron chi connectivity index (χ4n) is 3.63. The predicted molar refractivity (Wildman–Crippen MR) is 121 cm³/mol. The van der Waals surface area contributed by atoms with Crippen molar-refractivity contribution in [2.75, 3.05) is 19.0 Å². The van der Waals surface area contributed by atoms with Gasteiger partial charge in [-0.25, -0.2) is 9.37 Å². The van der Waals surface area contributed by atoms with Gasteiger partial charge in [-0.1, -0.05) is 11.6 Å². The Kier molecular flexibility index (Phi) is 8.40. The number of halogens is 2. The van der Waals surface area contributed by atoms with E-state index < -0.39 is 17.6 Å². The molecular weight excluding hydrogens is 453 g/mol. The Labute approximate surface area is 195 Å². The van der Waals surface area contributed by atoms with Crippen LogP contribution < -0.4 is 16.0 Å². The highest BCUT2D eigenvalue weighted by atomic mass is 35.5. The number of aromatic nitrogens is 2. The number of rotatable bonds is 8. The highest BCUT2D eigenvalue weighted by Gasteiger charge is 2.29. The molecule has 3 amide bonds. The van der Waals surface area contributed by atoms with Crippen LogP contribution in [0.15, 0.2) is 24.5 Å². The summed E-state index contributed by atoms with van der Waals surface area (Å²) < 4.78 is 18.3. The SMILES string of the molecule is COC(C)CNC(=O)c1nc[nH]c1C(=O)N[C@H]1CC[C@H](C(=O)Nc2ccc(F)cc2Cl)CC1. The summed E-state index contributed by atoms with van der Waals surface area (Å²) in [6, 6.07) is 3.67. The van der Waals surface area contributed by atoms with Crippen LogP contribution in [0.4, 0.5) is 10.1 Å². The van der Waals surface area contributed by atoms with Crippen molar-refractivity contribution in [1.82, 2.24) is 20.6 Å². The number of hydrogen-bond acceptors (Lipinski definition) is 5. The molecule has 0 radical (unpaired) electrons. The number of carbonyl (C=O) groups is 3. The van der Waals surface area contributed by atoms with Crippen LogP contribution in [0.5, 0.6) is 0 Å². The van der Waals surface area contributed by atoms with Crippen LogP contribution in [0.2, 0.25) is 5.02 Å². The summed E-state index contributed by atoms with van der Waals surface area (Å²) in [6.07, 6.45) is 3.47. The molecule has 3 rings (SSSR count). The first-order chi connectivity index (χ1) is 15.8. The minimum absolute atomic E-state index is 0.0139. The number of amides is 3. The van der Waals surface area contributed by atoms with Crippen molar-refractivity contribution >= 4 is 35.0 Å². The monoisotopic (exact) mass is 479 g/mol. The Morgan fingerprint density at radius 3 is 2.64 bits per heavy atom. The number of anilines is 1. The van der Waals surface area contributed by atoms with Crippen molar-refractivity contribution in [3.63, 3.8) is 0 Å². The van der Waals surface area contributed by atoms with Gasteiger partial charge in [0.1, 0.15) is 11.5 Å².